The van der Waals surface area contributed by atoms with E-state index in [0.29, 0.717) is 30.0 Å². The van der Waals surface area contributed by atoms with Gasteiger partial charge in [-0.05, 0) is 44.5 Å². The quantitative estimate of drug-likeness (QED) is 0.845. The average Bonchev–Trinajstić information content (AvgIpc) is 3.05. The van der Waals surface area contributed by atoms with Gasteiger partial charge in [0.2, 0.25) is 11.8 Å². The summed E-state index contributed by atoms with van der Waals surface area (Å²) in [6.07, 6.45) is 1.29. The smallest absolute Gasteiger partial charge is 0.338 e. The molecule has 1 N–H and O–H groups in total. The molecule has 0 unspecified atom stereocenters. The van der Waals surface area contributed by atoms with Crippen LogP contribution in [0.25, 0.3) is 0 Å². The van der Waals surface area contributed by atoms with Crippen molar-refractivity contribution in [3.05, 3.63) is 29.8 Å². The number of nitrogens with zero attached hydrogens (tertiary/aromatic N) is 1. The minimum atomic E-state index is -0.445. The van der Waals surface area contributed by atoms with Gasteiger partial charge in [-0.3, -0.25) is 9.59 Å². The second-order valence-corrected chi connectivity index (χ2v) is 7.55. The predicted molar refractivity (Wildman–Crippen MR) is 91.8 cm³/mol. The van der Waals surface area contributed by atoms with Gasteiger partial charge < -0.3 is 15.0 Å². The van der Waals surface area contributed by atoms with Gasteiger partial charge in [0.25, 0.3) is 0 Å². The Morgan fingerprint density at radius 3 is 2.75 bits per heavy atom. The zero-order chi connectivity index (χ0) is 17.3. The zero-order valence-electron chi connectivity index (χ0n) is 13.7. The molecule has 1 aromatic carbocycles. The predicted octanol–water partition coefficient (Wildman–Crippen LogP) is 2.26. The number of anilines is 1. The van der Waals surface area contributed by atoms with Gasteiger partial charge in [-0.1, -0.05) is 0 Å². The van der Waals surface area contributed by atoms with Gasteiger partial charge in [0, 0.05) is 17.9 Å². The minimum Gasteiger partial charge on any atom is -0.462 e. The van der Waals surface area contributed by atoms with E-state index in [1.54, 1.807) is 47.9 Å². The van der Waals surface area contributed by atoms with Crippen LogP contribution in [0, 0.1) is 0 Å². The molecule has 0 spiro atoms. The number of rotatable bonds is 4. The molecule has 2 atom stereocenters. The molecule has 2 aliphatic heterocycles. The average molecular weight is 348 g/mol. The molecule has 2 saturated heterocycles. The van der Waals surface area contributed by atoms with E-state index in [4.69, 9.17) is 4.74 Å². The van der Waals surface area contributed by atoms with Crippen molar-refractivity contribution in [2.45, 2.75) is 37.6 Å². The number of nitrogens with one attached hydrogen (secondary N) is 1. The number of fused-ring (bicyclic) bond motifs is 1. The van der Waals surface area contributed by atoms with Crippen LogP contribution in [-0.2, 0) is 14.3 Å². The molecule has 0 saturated carbocycles. The van der Waals surface area contributed by atoms with Crippen LogP contribution in [-0.4, -0.2) is 46.0 Å². The Bertz CT molecular complexity index is 676. The topological polar surface area (TPSA) is 75.7 Å². The minimum absolute atomic E-state index is 0.0420. The van der Waals surface area contributed by atoms with E-state index in [1.165, 1.54) is 0 Å². The lowest BCUT2D eigenvalue weighted by molar-refractivity contribution is -0.135. The van der Waals surface area contributed by atoms with E-state index in [0.717, 1.165) is 6.42 Å². The van der Waals surface area contributed by atoms with Gasteiger partial charge in [-0.2, -0.15) is 0 Å². The van der Waals surface area contributed by atoms with Crippen LogP contribution in [0.5, 0.6) is 0 Å². The first-order chi connectivity index (χ1) is 11.4. The Morgan fingerprint density at radius 2 is 2.08 bits per heavy atom. The first-order valence-electron chi connectivity index (χ1n) is 7.99. The lowest BCUT2D eigenvalue weighted by Crippen LogP contribution is -2.48. The molecule has 0 radical (unpaired) electrons. The van der Waals surface area contributed by atoms with E-state index in [1.807, 2.05) is 6.92 Å². The van der Waals surface area contributed by atoms with Crippen molar-refractivity contribution in [2.24, 2.45) is 0 Å². The molecule has 24 heavy (non-hydrogen) atoms. The van der Waals surface area contributed by atoms with Crippen LogP contribution >= 0.6 is 11.8 Å². The molecule has 0 aromatic heterocycles. The molecule has 6 nitrogen and oxygen atoms in total. The van der Waals surface area contributed by atoms with Gasteiger partial charge in [0.15, 0.2) is 0 Å². The van der Waals surface area contributed by atoms with Crippen LogP contribution in [0.1, 0.15) is 37.0 Å². The van der Waals surface area contributed by atoms with Crippen molar-refractivity contribution in [3.8, 4) is 0 Å². The van der Waals surface area contributed by atoms with Crippen LogP contribution in [0.2, 0.25) is 0 Å². The SMILES string of the molecule is CCOC(=O)c1ccc(NC(=O)[C@H]2CS[C@@]3(C)CCC(=O)N23)cc1. The summed E-state index contributed by atoms with van der Waals surface area (Å²) < 4.78 is 4.93. The number of amides is 2. The maximum Gasteiger partial charge on any atom is 0.338 e. The molecular weight excluding hydrogens is 328 g/mol. The van der Waals surface area contributed by atoms with Crippen LogP contribution in [0.4, 0.5) is 5.69 Å². The first-order valence-corrected chi connectivity index (χ1v) is 8.97. The van der Waals surface area contributed by atoms with E-state index in [-0.39, 0.29) is 22.7 Å². The Balaban J connectivity index is 1.67. The Morgan fingerprint density at radius 1 is 1.38 bits per heavy atom. The van der Waals surface area contributed by atoms with E-state index in [2.05, 4.69) is 5.32 Å². The van der Waals surface area contributed by atoms with Crippen molar-refractivity contribution >= 4 is 35.2 Å². The summed E-state index contributed by atoms with van der Waals surface area (Å²) in [6.45, 7) is 4.09. The summed E-state index contributed by atoms with van der Waals surface area (Å²) in [5, 5.41) is 2.83. The van der Waals surface area contributed by atoms with Crippen molar-refractivity contribution in [2.75, 3.05) is 17.7 Å². The number of thioether (sulfide) groups is 1. The van der Waals surface area contributed by atoms with Crippen LogP contribution < -0.4 is 5.32 Å². The first kappa shape index (κ1) is 16.8. The lowest BCUT2D eigenvalue weighted by Gasteiger charge is -2.29. The molecule has 0 bridgehead atoms. The third-order valence-corrected chi connectivity index (χ3v) is 5.92. The number of carbonyl (C=O) groups excluding carboxylic acids is 3. The summed E-state index contributed by atoms with van der Waals surface area (Å²) in [7, 11) is 0. The molecule has 2 heterocycles. The van der Waals surface area contributed by atoms with E-state index < -0.39 is 6.04 Å². The Kier molecular flexibility index (Phi) is 4.54. The van der Waals surface area contributed by atoms with Gasteiger partial charge in [-0.15, -0.1) is 11.8 Å². The van der Waals surface area contributed by atoms with Crippen LogP contribution in [0.3, 0.4) is 0 Å². The summed E-state index contributed by atoms with van der Waals surface area (Å²) in [6, 6.07) is 6.11. The number of carbonyl (C=O) groups is 3. The molecule has 0 aliphatic carbocycles. The molecule has 1 aromatic rings. The maximum atomic E-state index is 12.6. The third kappa shape index (κ3) is 3.00. The third-order valence-electron chi connectivity index (χ3n) is 4.41. The number of hydrogen-bond acceptors (Lipinski definition) is 5. The van der Waals surface area contributed by atoms with Crippen LogP contribution in [0.15, 0.2) is 24.3 Å². The number of ether oxygens (including phenoxy) is 1. The normalized spacial score (nSPS) is 25.5. The molecular formula is C17H20N2O4S. The number of benzene rings is 1. The Hall–Kier alpha value is -2.02. The van der Waals surface area contributed by atoms with Crippen molar-refractivity contribution in [1.29, 1.82) is 0 Å². The monoisotopic (exact) mass is 348 g/mol. The van der Waals surface area contributed by atoms with E-state index in [9.17, 15) is 14.4 Å². The molecule has 7 heteroatoms. The summed E-state index contributed by atoms with van der Waals surface area (Å²) in [5.41, 5.74) is 1.03. The largest absolute Gasteiger partial charge is 0.462 e. The standard InChI is InChI=1S/C17H20N2O4S/c1-3-23-16(22)11-4-6-12(7-5-11)18-15(21)13-10-24-17(2)9-8-14(20)19(13)17/h4-7,13H,3,8-10H2,1-2H3,(H,18,21)/t13-,17+/m1/s1. The van der Waals surface area contributed by atoms with Gasteiger partial charge >= 0.3 is 5.97 Å². The molecule has 2 amide bonds. The maximum absolute atomic E-state index is 12.6. The molecule has 3 rings (SSSR count). The van der Waals surface area contributed by atoms with E-state index >= 15 is 0 Å². The molecule has 2 fully saturated rings. The highest BCUT2D eigenvalue weighted by atomic mass is 32.2. The van der Waals surface area contributed by atoms with Crippen molar-refractivity contribution in [1.82, 2.24) is 4.90 Å². The summed E-state index contributed by atoms with van der Waals surface area (Å²) in [5.74, 6) is 0.0706. The molecule has 2 aliphatic rings. The fourth-order valence-corrected chi connectivity index (χ4v) is 4.58. The Labute approximate surface area is 144 Å². The van der Waals surface area contributed by atoms with Gasteiger partial charge in [0.05, 0.1) is 17.0 Å². The lowest BCUT2D eigenvalue weighted by atomic mass is 10.2. The fourth-order valence-electron chi connectivity index (χ4n) is 3.14. The zero-order valence-corrected chi connectivity index (χ0v) is 14.5. The van der Waals surface area contributed by atoms with Crippen molar-refractivity contribution < 1.29 is 19.1 Å². The summed E-state index contributed by atoms with van der Waals surface area (Å²) in [4.78, 5) is 37.7. The fraction of sp³-hybridized carbons (Fsp3) is 0.471. The molecule has 128 valence electrons. The number of esters is 1. The highest BCUT2D eigenvalue weighted by Crippen LogP contribution is 2.47. The summed E-state index contributed by atoms with van der Waals surface area (Å²) >= 11 is 1.66. The highest BCUT2D eigenvalue weighted by Gasteiger charge is 2.52. The van der Waals surface area contributed by atoms with Gasteiger partial charge in [0.1, 0.15) is 6.04 Å². The number of hydrogen-bond donors (Lipinski definition) is 1. The van der Waals surface area contributed by atoms with Crippen molar-refractivity contribution in [3.63, 3.8) is 0 Å². The second-order valence-electron chi connectivity index (χ2n) is 6.05. The highest BCUT2D eigenvalue weighted by molar-refractivity contribution is 8.01. The second kappa shape index (κ2) is 6.47. The van der Waals surface area contributed by atoms with Gasteiger partial charge in [-0.25, -0.2) is 4.79 Å².